The molecule has 30 heavy (non-hydrogen) atoms. The van der Waals surface area contributed by atoms with Crippen LogP contribution >= 0.6 is 28.1 Å². The Morgan fingerprint density at radius 1 is 1.13 bits per heavy atom. The lowest BCUT2D eigenvalue weighted by atomic mass is 9.94. The van der Waals surface area contributed by atoms with Gasteiger partial charge in [-0.25, -0.2) is 0 Å². The maximum atomic E-state index is 13.3. The van der Waals surface area contributed by atoms with Gasteiger partial charge in [-0.3, -0.25) is 4.79 Å². The molecule has 0 saturated heterocycles. The topological polar surface area (TPSA) is 62.4 Å². The number of carbonyl (C=O) groups is 1. The van der Waals surface area contributed by atoms with E-state index in [9.17, 15) is 4.79 Å². The Labute approximate surface area is 191 Å². The number of amides is 1. The summed E-state index contributed by atoms with van der Waals surface area (Å²) in [7, 11) is 0. The van der Waals surface area contributed by atoms with Gasteiger partial charge in [0.1, 0.15) is 5.75 Å². The van der Waals surface area contributed by atoms with Crippen molar-refractivity contribution in [2.75, 3.05) is 5.32 Å². The maximum absolute atomic E-state index is 13.3. The quantitative estimate of drug-likeness (QED) is 0.500. The summed E-state index contributed by atoms with van der Waals surface area (Å²) in [4.78, 5) is 13.3. The second-order valence-electron chi connectivity index (χ2n) is 7.67. The number of hydrogen-bond acceptors (Lipinski definition) is 3. The highest BCUT2D eigenvalue weighted by Gasteiger charge is 2.32. The normalized spacial score (nSPS) is 16.2. The van der Waals surface area contributed by atoms with Crippen molar-refractivity contribution in [1.82, 2.24) is 10.6 Å². The molecule has 0 spiro atoms. The summed E-state index contributed by atoms with van der Waals surface area (Å²) < 4.78 is 6.92. The monoisotopic (exact) mass is 487 g/mol. The van der Waals surface area contributed by atoms with Crippen molar-refractivity contribution >= 4 is 44.9 Å². The number of hydrogen-bond donors (Lipinski definition) is 3. The summed E-state index contributed by atoms with van der Waals surface area (Å²) in [6.45, 7) is 9.87. The Kier molecular flexibility index (Phi) is 6.83. The molecular formula is C23H26BrN3O2S. The molecule has 7 heteroatoms. The molecule has 0 bridgehead atoms. The summed E-state index contributed by atoms with van der Waals surface area (Å²) in [6, 6.07) is 11.2. The zero-order valence-electron chi connectivity index (χ0n) is 17.7. The standard InChI is InChI=1S/C23H26BrN3O2S/c1-12(2)29-19-9-7-16(24)11-18(19)21-20(15(5)25-23(30)27-21)22(28)26-17-8-6-13(3)14(4)10-17/h6-12,21H,1-5H3,(H,26,28)(H2,25,27,30)/t21-/m0/s1. The Hall–Kier alpha value is -2.38. The Morgan fingerprint density at radius 2 is 1.87 bits per heavy atom. The van der Waals surface area contributed by atoms with E-state index in [0.29, 0.717) is 22.1 Å². The number of rotatable bonds is 5. The Balaban J connectivity index is 2.02. The SMILES string of the molecule is CC1=C(C(=O)Nc2ccc(C)c(C)c2)[C@H](c2cc(Br)ccc2OC(C)C)NC(=S)N1. The number of thiocarbonyl (C=S) groups is 1. The number of aryl methyl sites for hydroxylation is 2. The third-order valence-electron chi connectivity index (χ3n) is 4.92. The average Bonchev–Trinajstić information content (AvgIpc) is 2.65. The van der Waals surface area contributed by atoms with Gasteiger partial charge in [0.2, 0.25) is 0 Å². The smallest absolute Gasteiger partial charge is 0.255 e. The van der Waals surface area contributed by atoms with E-state index in [4.69, 9.17) is 17.0 Å². The number of halogens is 1. The average molecular weight is 488 g/mol. The summed E-state index contributed by atoms with van der Waals surface area (Å²) in [5.41, 5.74) is 5.16. The molecule has 1 aliphatic rings. The summed E-state index contributed by atoms with van der Waals surface area (Å²) in [5.74, 6) is 0.512. The fourth-order valence-corrected chi connectivity index (χ4v) is 4.00. The van der Waals surface area contributed by atoms with E-state index < -0.39 is 6.04 Å². The van der Waals surface area contributed by atoms with E-state index in [0.717, 1.165) is 21.3 Å². The molecule has 0 fully saturated rings. The van der Waals surface area contributed by atoms with Crippen LogP contribution in [0.4, 0.5) is 5.69 Å². The highest BCUT2D eigenvalue weighted by molar-refractivity contribution is 9.10. The Morgan fingerprint density at radius 3 is 2.53 bits per heavy atom. The van der Waals surface area contributed by atoms with Crippen molar-refractivity contribution in [3.63, 3.8) is 0 Å². The predicted molar refractivity (Wildman–Crippen MR) is 129 cm³/mol. The molecule has 0 aromatic heterocycles. The van der Waals surface area contributed by atoms with E-state index >= 15 is 0 Å². The van der Waals surface area contributed by atoms with Crippen LogP contribution in [0.15, 0.2) is 52.1 Å². The largest absolute Gasteiger partial charge is 0.491 e. The minimum atomic E-state index is -0.448. The molecule has 0 saturated carbocycles. The molecule has 1 atom stereocenters. The molecule has 2 aromatic carbocycles. The van der Waals surface area contributed by atoms with Gasteiger partial charge in [-0.1, -0.05) is 22.0 Å². The van der Waals surface area contributed by atoms with Gasteiger partial charge in [-0.15, -0.1) is 0 Å². The summed E-state index contributed by atoms with van der Waals surface area (Å²) >= 11 is 8.92. The molecule has 0 unspecified atom stereocenters. The number of carbonyl (C=O) groups excluding carboxylic acids is 1. The molecule has 1 heterocycles. The van der Waals surface area contributed by atoms with E-state index in [-0.39, 0.29) is 12.0 Å². The van der Waals surface area contributed by atoms with Crippen molar-refractivity contribution in [3.05, 3.63) is 68.8 Å². The lowest BCUT2D eigenvalue weighted by Gasteiger charge is -2.31. The van der Waals surface area contributed by atoms with Gasteiger partial charge in [0.25, 0.3) is 5.91 Å². The molecule has 5 nitrogen and oxygen atoms in total. The minimum absolute atomic E-state index is 0.00326. The lowest BCUT2D eigenvalue weighted by Crippen LogP contribution is -2.46. The van der Waals surface area contributed by atoms with Crippen LogP contribution in [-0.4, -0.2) is 17.1 Å². The van der Waals surface area contributed by atoms with Crippen molar-refractivity contribution in [1.29, 1.82) is 0 Å². The molecular weight excluding hydrogens is 462 g/mol. The molecule has 3 N–H and O–H groups in total. The van der Waals surface area contributed by atoms with Gasteiger partial charge in [0.15, 0.2) is 5.11 Å². The van der Waals surface area contributed by atoms with Crippen LogP contribution in [-0.2, 0) is 4.79 Å². The number of nitrogens with one attached hydrogen (secondary N) is 3. The molecule has 0 aliphatic carbocycles. The van der Waals surface area contributed by atoms with E-state index in [1.807, 2.05) is 71.0 Å². The first-order chi connectivity index (χ1) is 14.2. The third kappa shape index (κ3) is 5.02. The van der Waals surface area contributed by atoms with Gasteiger partial charge in [0.05, 0.1) is 17.7 Å². The second-order valence-corrected chi connectivity index (χ2v) is 9.00. The minimum Gasteiger partial charge on any atom is -0.491 e. The van der Waals surface area contributed by atoms with E-state index in [1.165, 1.54) is 5.56 Å². The van der Waals surface area contributed by atoms with Gasteiger partial charge in [-0.05, 0) is 88.3 Å². The highest BCUT2D eigenvalue weighted by Crippen LogP contribution is 2.36. The van der Waals surface area contributed by atoms with Crippen LogP contribution < -0.4 is 20.7 Å². The van der Waals surface area contributed by atoms with Crippen LogP contribution in [0.1, 0.15) is 43.5 Å². The van der Waals surface area contributed by atoms with Crippen molar-refractivity contribution < 1.29 is 9.53 Å². The van der Waals surface area contributed by atoms with Crippen LogP contribution in [0, 0.1) is 13.8 Å². The fourth-order valence-electron chi connectivity index (χ4n) is 3.35. The first-order valence-electron chi connectivity index (χ1n) is 9.78. The fraction of sp³-hybridized carbons (Fsp3) is 0.304. The third-order valence-corrected chi connectivity index (χ3v) is 5.64. The van der Waals surface area contributed by atoms with E-state index in [1.54, 1.807) is 0 Å². The van der Waals surface area contributed by atoms with Crippen LogP contribution in [0.2, 0.25) is 0 Å². The zero-order valence-corrected chi connectivity index (χ0v) is 20.1. The van der Waals surface area contributed by atoms with Crippen molar-refractivity contribution in [2.24, 2.45) is 0 Å². The second kappa shape index (κ2) is 9.18. The number of allylic oxidation sites excluding steroid dienone is 1. The van der Waals surface area contributed by atoms with Gasteiger partial charge < -0.3 is 20.7 Å². The Bertz CT molecular complexity index is 1030. The zero-order chi connectivity index (χ0) is 22.0. The van der Waals surface area contributed by atoms with Crippen LogP contribution in [0.25, 0.3) is 0 Å². The van der Waals surface area contributed by atoms with Crippen LogP contribution in [0.5, 0.6) is 5.75 Å². The van der Waals surface area contributed by atoms with Gasteiger partial charge >= 0.3 is 0 Å². The van der Waals surface area contributed by atoms with Crippen LogP contribution in [0.3, 0.4) is 0 Å². The summed E-state index contributed by atoms with van der Waals surface area (Å²) in [6.07, 6.45) is -0.00326. The van der Waals surface area contributed by atoms with Gasteiger partial charge in [-0.2, -0.15) is 0 Å². The molecule has 158 valence electrons. The van der Waals surface area contributed by atoms with Crippen molar-refractivity contribution in [2.45, 2.75) is 46.8 Å². The number of benzene rings is 2. The highest BCUT2D eigenvalue weighted by atomic mass is 79.9. The molecule has 2 aromatic rings. The summed E-state index contributed by atoms with van der Waals surface area (Å²) in [5, 5.41) is 9.81. The molecule has 3 rings (SSSR count). The first-order valence-corrected chi connectivity index (χ1v) is 11.0. The van der Waals surface area contributed by atoms with Gasteiger partial charge in [0, 0.05) is 21.4 Å². The predicted octanol–water partition coefficient (Wildman–Crippen LogP) is 5.28. The maximum Gasteiger partial charge on any atom is 0.255 e. The first kappa shape index (κ1) is 22.3. The number of ether oxygens (including phenoxy) is 1. The lowest BCUT2D eigenvalue weighted by molar-refractivity contribution is -0.113. The molecule has 1 aliphatic heterocycles. The molecule has 1 amide bonds. The van der Waals surface area contributed by atoms with E-state index in [2.05, 4.69) is 31.9 Å². The molecule has 0 radical (unpaired) electrons. The number of anilines is 1. The van der Waals surface area contributed by atoms with Crippen molar-refractivity contribution in [3.8, 4) is 5.75 Å².